The van der Waals surface area contributed by atoms with Crippen molar-refractivity contribution in [2.45, 2.75) is 22.6 Å². The molecule has 2 aromatic carbocycles. The summed E-state index contributed by atoms with van der Waals surface area (Å²) in [5.41, 5.74) is 0.0541. The largest absolute Gasteiger partial charge is 0.314 e. The predicted octanol–water partition coefficient (Wildman–Crippen LogP) is 1.97. The third-order valence-corrected chi connectivity index (χ3v) is 10.4. The summed E-state index contributed by atoms with van der Waals surface area (Å²) in [6.45, 7) is 0.171. The van der Waals surface area contributed by atoms with Crippen molar-refractivity contribution in [1.82, 2.24) is 18.9 Å². The molecule has 41 heavy (non-hydrogen) atoms. The van der Waals surface area contributed by atoms with Crippen LogP contribution in [0, 0.1) is 20.2 Å². The van der Waals surface area contributed by atoms with Crippen LogP contribution in [0.4, 0.5) is 11.4 Å². The van der Waals surface area contributed by atoms with Crippen molar-refractivity contribution >= 4 is 31.4 Å². The van der Waals surface area contributed by atoms with Crippen LogP contribution in [0.25, 0.3) is 0 Å². The highest BCUT2D eigenvalue weighted by Crippen LogP contribution is 2.28. The number of hydrogen-bond acceptors (Lipinski definition) is 10. The van der Waals surface area contributed by atoms with Crippen LogP contribution < -0.4 is 5.32 Å². The Morgan fingerprint density at radius 1 is 0.634 bits per heavy atom. The first-order valence-corrected chi connectivity index (χ1v) is 15.5. The van der Waals surface area contributed by atoms with E-state index in [0.29, 0.717) is 11.4 Å². The Morgan fingerprint density at radius 3 is 1.46 bits per heavy atom. The summed E-state index contributed by atoms with van der Waals surface area (Å²) in [7, 11) is -8.53. The fourth-order valence-corrected chi connectivity index (χ4v) is 7.65. The molecule has 0 atom stereocenters. The Morgan fingerprint density at radius 2 is 1.05 bits per heavy atom. The third kappa shape index (κ3) is 6.91. The number of aromatic nitrogens is 1. The van der Waals surface area contributed by atoms with E-state index in [9.17, 15) is 37.1 Å². The minimum atomic E-state index is -4.26. The zero-order valence-corrected chi connectivity index (χ0v) is 23.5. The molecule has 0 fully saturated rings. The topological polar surface area (TPSA) is 186 Å². The second-order valence-electron chi connectivity index (χ2n) is 9.13. The van der Waals surface area contributed by atoms with Gasteiger partial charge in [-0.05, 0) is 24.3 Å². The number of fused-ring (bicyclic) bond motifs is 2. The summed E-state index contributed by atoms with van der Waals surface area (Å²) in [5, 5.41) is 26.1. The van der Waals surface area contributed by atoms with Gasteiger partial charge in [0.25, 0.3) is 11.4 Å². The molecule has 0 aliphatic carbocycles. The van der Waals surface area contributed by atoms with Gasteiger partial charge in [-0.3, -0.25) is 25.2 Å². The average Bonchev–Trinajstić information content (AvgIpc) is 2.95. The Labute approximate surface area is 237 Å². The Kier molecular flexibility index (Phi) is 9.39. The fraction of sp³-hybridized carbons (Fsp3) is 0.320. The second-order valence-corrected chi connectivity index (χ2v) is 12.9. The highest BCUT2D eigenvalue weighted by molar-refractivity contribution is 7.89. The molecule has 16 heteroatoms. The lowest BCUT2D eigenvalue weighted by molar-refractivity contribution is -0.388. The van der Waals surface area contributed by atoms with E-state index in [4.69, 9.17) is 0 Å². The number of benzene rings is 2. The van der Waals surface area contributed by atoms with Crippen LogP contribution in [0.3, 0.4) is 0 Å². The Hall–Kier alpha value is -3.83. The number of pyridine rings is 1. The minimum absolute atomic E-state index is 0.0185. The van der Waals surface area contributed by atoms with E-state index in [0.717, 1.165) is 20.7 Å². The molecular formula is C25H28N6O8S2. The maximum Gasteiger partial charge on any atom is 0.289 e. The van der Waals surface area contributed by atoms with Gasteiger partial charge in [-0.2, -0.15) is 8.61 Å². The molecule has 2 heterocycles. The molecule has 3 aromatic rings. The molecule has 0 radical (unpaired) electrons. The molecule has 1 aliphatic heterocycles. The normalized spacial score (nSPS) is 16.5. The average molecular weight is 605 g/mol. The summed E-state index contributed by atoms with van der Waals surface area (Å²) >= 11 is 0. The molecule has 218 valence electrons. The van der Waals surface area contributed by atoms with E-state index in [1.807, 2.05) is 0 Å². The zero-order valence-electron chi connectivity index (χ0n) is 21.8. The van der Waals surface area contributed by atoms with Crippen LogP contribution in [-0.4, -0.2) is 79.5 Å². The number of sulfonamides is 2. The molecule has 0 saturated carbocycles. The number of nitrogens with zero attached hydrogens (tertiary/aromatic N) is 5. The molecule has 0 unspecified atom stereocenters. The van der Waals surface area contributed by atoms with Crippen LogP contribution in [0.2, 0.25) is 0 Å². The second kappa shape index (κ2) is 12.8. The zero-order chi connectivity index (χ0) is 29.6. The van der Waals surface area contributed by atoms with Crippen LogP contribution in [-0.2, 0) is 32.9 Å². The number of rotatable bonds is 6. The first-order valence-electron chi connectivity index (χ1n) is 12.6. The number of hydrogen-bond donors (Lipinski definition) is 1. The molecule has 1 N–H and O–H groups in total. The highest BCUT2D eigenvalue weighted by atomic mass is 32.2. The molecule has 0 amide bonds. The van der Waals surface area contributed by atoms with Gasteiger partial charge in [0.1, 0.15) is 0 Å². The molecule has 0 spiro atoms. The van der Waals surface area contributed by atoms with E-state index in [1.165, 1.54) is 36.4 Å². The Balaban J connectivity index is 1.63. The van der Waals surface area contributed by atoms with Crippen molar-refractivity contribution in [3.63, 3.8) is 0 Å². The van der Waals surface area contributed by atoms with Crippen LogP contribution in [0.15, 0.2) is 76.5 Å². The van der Waals surface area contributed by atoms with Crippen molar-refractivity contribution in [3.8, 4) is 0 Å². The lowest BCUT2D eigenvalue weighted by atomic mass is 10.2. The van der Waals surface area contributed by atoms with E-state index in [1.54, 1.807) is 18.2 Å². The van der Waals surface area contributed by atoms with Gasteiger partial charge < -0.3 is 5.32 Å². The number of nitro benzene ring substituents is 2. The first kappa shape index (κ1) is 30.1. The third-order valence-electron chi connectivity index (χ3n) is 6.53. The molecule has 1 aliphatic rings. The minimum Gasteiger partial charge on any atom is -0.314 e. The van der Waals surface area contributed by atoms with Gasteiger partial charge in [-0.25, -0.2) is 16.8 Å². The van der Waals surface area contributed by atoms with Crippen molar-refractivity contribution < 1.29 is 26.7 Å². The fourth-order valence-electron chi connectivity index (χ4n) is 4.45. The van der Waals surface area contributed by atoms with Gasteiger partial charge in [-0.15, -0.1) is 0 Å². The molecule has 4 rings (SSSR count). The SMILES string of the molecule is O=[N+]([O-])c1ccccc1S(=O)(=O)N1CCNCCN(S(=O)(=O)c2ccccc2[N+](=O)[O-])CCc2cccc(n2)CC1. The van der Waals surface area contributed by atoms with Crippen LogP contribution >= 0.6 is 0 Å². The molecule has 14 nitrogen and oxygen atoms in total. The number of para-hydroxylation sites is 2. The van der Waals surface area contributed by atoms with Crippen molar-refractivity contribution in [2.24, 2.45) is 0 Å². The first-order chi connectivity index (χ1) is 19.5. The lowest BCUT2D eigenvalue weighted by Crippen LogP contribution is -2.42. The lowest BCUT2D eigenvalue weighted by Gasteiger charge is -2.25. The van der Waals surface area contributed by atoms with Gasteiger partial charge in [0.05, 0.1) is 9.85 Å². The van der Waals surface area contributed by atoms with E-state index < -0.39 is 51.1 Å². The van der Waals surface area contributed by atoms with E-state index in [-0.39, 0.29) is 52.1 Å². The molecule has 1 aromatic heterocycles. The maximum absolute atomic E-state index is 13.5. The predicted molar refractivity (Wildman–Crippen MR) is 148 cm³/mol. The van der Waals surface area contributed by atoms with E-state index >= 15 is 0 Å². The quantitative estimate of drug-likeness (QED) is 0.322. The summed E-state index contributed by atoms with van der Waals surface area (Å²) in [6.07, 6.45) is 0.428. The smallest absolute Gasteiger partial charge is 0.289 e. The number of nitro groups is 2. The molecule has 2 bridgehead atoms. The monoisotopic (exact) mass is 604 g/mol. The van der Waals surface area contributed by atoms with Crippen molar-refractivity contribution in [3.05, 3.63) is 98.3 Å². The summed E-state index contributed by atoms with van der Waals surface area (Å²) in [6, 6.07) is 15.4. The highest BCUT2D eigenvalue weighted by Gasteiger charge is 2.33. The summed E-state index contributed by atoms with van der Waals surface area (Å²) in [5.74, 6) is 0. The van der Waals surface area contributed by atoms with Gasteiger partial charge >= 0.3 is 0 Å². The number of nitrogens with one attached hydrogen (secondary N) is 1. The summed E-state index contributed by atoms with van der Waals surface area (Å²) < 4.78 is 56.4. The van der Waals surface area contributed by atoms with Gasteiger partial charge in [0, 0.05) is 75.6 Å². The van der Waals surface area contributed by atoms with Crippen molar-refractivity contribution in [1.29, 1.82) is 0 Å². The summed E-state index contributed by atoms with van der Waals surface area (Å²) in [4.78, 5) is 25.3. The standard InChI is InChI=1S/C25H28N6O8S2/c32-30(33)22-8-1-3-10-24(22)40(36,37)28-16-12-20-6-5-7-21(27-20)13-17-29(19-15-26-14-18-28)41(38,39)25-11-4-2-9-23(25)31(34)35/h1-11,26H,12-19H2. The van der Waals surface area contributed by atoms with Crippen LogP contribution in [0.5, 0.6) is 0 Å². The van der Waals surface area contributed by atoms with E-state index in [2.05, 4.69) is 10.3 Å². The molecular weight excluding hydrogens is 576 g/mol. The van der Waals surface area contributed by atoms with Gasteiger partial charge in [0.2, 0.25) is 20.0 Å². The van der Waals surface area contributed by atoms with Gasteiger partial charge in [-0.1, -0.05) is 30.3 Å². The molecule has 0 saturated heterocycles. The van der Waals surface area contributed by atoms with Crippen molar-refractivity contribution in [2.75, 3.05) is 39.3 Å². The van der Waals surface area contributed by atoms with Gasteiger partial charge in [0.15, 0.2) is 9.79 Å². The maximum atomic E-state index is 13.5. The van der Waals surface area contributed by atoms with Crippen LogP contribution in [0.1, 0.15) is 11.4 Å². The Bertz CT molecular complexity index is 1530.